The number of aromatic amines is 1. The van der Waals surface area contributed by atoms with E-state index in [-0.39, 0.29) is 0 Å². The second kappa shape index (κ2) is 6.00. The average molecular weight is 247 g/mol. The lowest BCUT2D eigenvalue weighted by Crippen LogP contribution is -2.06. The van der Waals surface area contributed by atoms with Gasteiger partial charge in [-0.3, -0.25) is 0 Å². The molecule has 6 heteroatoms. The molecule has 0 saturated carbocycles. The highest BCUT2D eigenvalue weighted by molar-refractivity contribution is 5.31. The summed E-state index contributed by atoms with van der Waals surface area (Å²) in [5, 5.41) is 3.13. The third-order valence-electron chi connectivity index (χ3n) is 2.28. The normalized spacial score (nSPS) is 10.3. The quantitative estimate of drug-likeness (QED) is 0.815. The van der Waals surface area contributed by atoms with Gasteiger partial charge >= 0.3 is 0 Å². The Morgan fingerprint density at radius 3 is 3.00 bits per heavy atom. The number of hydrogen-bond acceptors (Lipinski definition) is 5. The molecular weight excluding hydrogens is 230 g/mol. The van der Waals surface area contributed by atoms with Gasteiger partial charge in [-0.25, -0.2) is 9.97 Å². The molecule has 0 aliphatic heterocycles. The Hall–Kier alpha value is -2.11. The van der Waals surface area contributed by atoms with Crippen molar-refractivity contribution in [2.24, 2.45) is 0 Å². The van der Waals surface area contributed by atoms with E-state index in [4.69, 9.17) is 4.74 Å². The molecule has 0 atom stereocenters. The first-order valence-corrected chi connectivity index (χ1v) is 5.97. The van der Waals surface area contributed by atoms with Crippen molar-refractivity contribution in [3.63, 3.8) is 0 Å². The summed E-state index contributed by atoms with van der Waals surface area (Å²) in [4.78, 5) is 15.6. The lowest BCUT2D eigenvalue weighted by molar-refractivity contribution is 0.305. The minimum Gasteiger partial charge on any atom is -0.478 e. The first-order chi connectivity index (χ1) is 8.78. The van der Waals surface area contributed by atoms with Gasteiger partial charge in [-0.1, -0.05) is 6.92 Å². The summed E-state index contributed by atoms with van der Waals surface area (Å²) in [6.45, 7) is 5.25. The molecule has 0 aromatic carbocycles. The molecule has 2 rings (SSSR count). The van der Waals surface area contributed by atoms with Crippen LogP contribution in [-0.4, -0.2) is 26.5 Å². The van der Waals surface area contributed by atoms with Crippen molar-refractivity contribution >= 4 is 5.95 Å². The van der Waals surface area contributed by atoms with Crippen molar-refractivity contribution in [3.05, 3.63) is 30.0 Å². The molecule has 0 amide bonds. The summed E-state index contributed by atoms with van der Waals surface area (Å²) in [5.41, 5.74) is 1.86. The molecule has 0 bridgehead atoms. The van der Waals surface area contributed by atoms with Crippen LogP contribution in [-0.2, 0) is 6.54 Å². The molecule has 6 nitrogen and oxygen atoms in total. The minimum atomic E-state index is 0.565. The van der Waals surface area contributed by atoms with Crippen LogP contribution in [0.15, 0.2) is 18.6 Å². The van der Waals surface area contributed by atoms with Gasteiger partial charge in [-0.05, 0) is 13.3 Å². The number of nitrogens with zero attached hydrogens (tertiary/aromatic N) is 3. The fraction of sp³-hybridized carbons (Fsp3) is 0.417. The Kier molecular flexibility index (Phi) is 4.11. The van der Waals surface area contributed by atoms with Crippen molar-refractivity contribution in [3.8, 4) is 5.88 Å². The highest BCUT2D eigenvalue weighted by Crippen LogP contribution is 2.12. The SMILES string of the molecule is CCCOc1cc(C)nc(NCc2cnc[nH]2)n1. The first-order valence-electron chi connectivity index (χ1n) is 5.97. The van der Waals surface area contributed by atoms with Gasteiger partial charge in [0.15, 0.2) is 0 Å². The van der Waals surface area contributed by atoms with E-state index in [1.807, 2.05) is 13.0 Å². The summed E-state index contributed by atoms with van der Waals surface area (Å²) >= 11 is 0. The smallest absolute Gasteiger partial charge is 0.226 e. The van der Waals surface area contributed by atoms with Crippen LogP contribution < -0.4 is 10.1 Å². The molecule has 0 unspecified atom stereocenters. The molecular formula is C12H17N5O. The molecule has 2 N–H and O–H groups in total. The topological polar surface area (TPSA) is 75.7 Å². The molecule has 18 heavy (non-hydrogen) atoms. The number of rotatable bonds is 6. The predicted molar refractivity (Wildman–Crippen MR) is 68.5 cm³/mol. The van der Waals surface area contributed by atoms with Gasteiger partial charge < -0.3 is 15.0 Å². The van der Waals surface area contributed by atoms with Crippen LogP contribution in [0.3, 0.4) is 0 Å². The largest absolute Gasteiger partial charge is 0.478 e. The van der Waals surface area contributed by atoms with Crippen molar-refractivity contribution in [1.29, 1.82) is 0 Å². The van der Waals surface area contributed by atoms with Gasteiger partial charge in [0, 0.05) is 18.0 Å². The lowest BCUT2D eigenvalue weighted by Gasteiger charge is -2.08. The van der Waals surface area contributed by atoms with E-state index >= 15 is 0 Å². The summed E-state index contributed by atoms with van der Waals surface area (Å²) in [6, 6.07) is 1.83. The molecule has 0 radical (unpaired) electrons. The summed E-state index contributed by atoms with van der Waals surface area (Å²) < 4.78 is 5.50. The standard InChI is InChI=1S/C12H17N5O/c1-3-4-18-11-5-9(2)16-12(17-11)14-7-10-6-13-8-15-10/h5-6,8H,3-4,7H2,1-2H3,(H,13,15)(H,14,16,17). The average Bonchev–Trinajstić information content (AvgIpc) is 2.86. The number of imidazole rings is 1. The highest BCUT2D eigenvalue weighted by atomic mass is 16.5. The number of nitrogens with one attached hydrogen (secondary N) is 2. The van der Waals surface area contributed by atoms with E-state index in [1.165, 1.54) is 0 Å². The van der Waals surface area contributed by atoms with Crippen molar-refractivity contribution < 1.29 is 4.74 Å². The molecule has 0 saturated heterocycles. The maximum Gasteiger partial charge on any atom is 0.226 e. The van der Waals surface area contributed by atoms with Crippen molar-refractivity contribution in [2.75, 3.05) is 11.9 Å². The van der Waals surface area contributed by atoms with E-state index in [0.717, 1.165) is 17.8 Å². The fourth-order valence-corrected chi connectivity index (χ4v) is 1.45. The number of hydrogen-bond donors (Lipinski definition) is 2. The van der Waals surface area contributed by atoms with Gasteiger partial charge in [-0.2, -0.15) is 4.98 Å². The lowest BCUT2D eigenvalue weighted by atomic mass is 10.4. The van der Waals surface area contributed by atoms with Gasteiger partial charge in [0.25, 0.3) is 0 Å². The Labute approximate surface area is 106 Å². The zero-order valence-corrected chi connectivity index (χ0v) is 10.6. The molecule has 2 aromatic heterocycles. The second-order valence-electron chi connectivity index (χ2n) is 3.95. The van der Waals surface area contributed by atoms with E-state index in [2.05, 4.69) is 32.2 Å². The maximum atomic E-state index is 5.50. The Bertz CT molecular complexity index is 483. The third kappa shape index (κ3) is 3.44. The van der Waals surface area contributed by atoms with Crippen LogP contribution in [0.5, 0.6) is 5.88 Å². The summed E-state index contributed by atoms with van der Waals surface area (Å²) in [5.74, 6) is 1.17. The van der Waals surface area contributed by atoms with Gasteiger partial charge in [0.05, 0.1) is 25.2 Å². The molecule has 2 heterocycles. The van der Waals surface area contributed by atoms with Gasteiger partial charge in [0.2, 0.25) is 11.8 Å². The molecule has 0 fully saturated rings. The number of anilines is 1. The highest BCUT2D eigenvalue weighted by Gasteiger charge is 2.03. The number of aryl methyl sites for hydroxylation is 1. The van der Waals surface area contributed by atoms with Crippen molar-refractivity contribution in [1.82, 2.24) is 19.9 Å². The van der Waals surface area contributed by atoms with Crippen LogP contribution in [0.2, 0.25) is 0 Å². The van der Waals surface area contributed by atoms with Crippen LogP contribution >= 0.6 is 0 Å². The Balaban J connectivity index is 2.00. The Morgan fingerprint density at radius 1 is 1.39 bits per heavy atom. The van der Waals surface area contributed by atoms with Crippen molar-refractivity contribution in [2.45, 2.75) is 26.8 Å². The van der Waals surface area contributed by atoms with Crippen LogP contribution in [0.25, 0.3) is 0 Å². The van der Waals surface area contributed by atoms with Crippen LogP contribution in [0.1, 0.15) is 24.7 Å². The predicted octanol–water partition coefficient (Wildman–Crippen LogP) is 1.91. The summed E-state index contributed by atoms with van der Waals surface area (Å²) in [6.07, 6.45) is 4.36. The molecule has 0 aliphatic rings. The van der Waals surface area contributed by atoms with E-state index in [0.29, 0.717) is 25.0 Å². The fourth-order valence-electron chi connectivity index (χ4n) is 1.45. The molecule has 0 spiro atoms. The number of H-pyrrole nitrogens is 1. The Morgan fingerprint density at radius 2 is 2.28 bits per heavy atom. The number of ether oxygens (including phenoxy) is 1. The first kappa shape index (κ1) is 12.3. The third-order valence-corrected chi connectivity index (χ3v) is 2.28. The second-order valence-corrected chi connectivity index (χ2v) is 3.95. The van der Waals surface area contributed by atoms with Gasteiger partial charge in [-0.15, -0.1) is 0 Å². The van der Waals surface area contributed by atoms with E-state index in [1.54, 1.807) is 12.5 Å². The zero-order chi connectivity index (χ0) is 12.8. The van der Waals surface area contributed by atoms with Crippen LogP contribution in [0.4, 0.5) is 5.95 Å². The molecule has 96 valence electrons. The van der Waals surface area contributed by atoms with E-state index < -0.39 is 0 Å². The number of aromatic nitrogens is 4. The van der Waals surface area contributed by atoms with Gasteiger partial charge in [0.1, 0.15) is 0 Å². The van der Waals surface area contributed by atoms with Crippen LogP contribution in [0, 0.1) is 6.92 Å². The molecule has 0 aliphatic carbocycles. The summed E-state index contributed by atoms with van der Waals surface area (Å²) in [7, 11) is 0. The monoisotopic (exact) mass is 247 g/mol. The maximum absolute atomic E-state index is 5.50. The minimum absolute atomic E-state index is 0.565. The van der Waals surface area contributed by atoms with E-state index in [9.17, 15) is 0 Å². The zero-order valence-electron chi connectivity index (χ0n) is 10.6. The molecule has 2 aromatic rings.